The molecule has 0 unspecified atom stereocenters. The van der Waals surface area contributed by atoms with Gasteiger partial charge in [-0.3, -0.25) is 9.59 Å². The van der Waals surface area contributed by atoms with Gasteiger partial charge in [-0.05, 0) is 6.92 Å². The molecule has 4 nitrogen and oxygen atoms in total. The predicted octanol–water partition coefficient (Wildman–Crippen LogP) is -0.00141. The molecular weight excluding hydrogens is 171 g/mol. The van der Waals surface area contributed by atoms with Crippen LogP contribution >= 0.6 is 0 Å². The van der Waals surface area contributed by atoms with Crippen LogP contribution in [0.2, 0.25) is 0 Å². The maximum absolute atomic E-state index is 11.0. The Morgan fingerprint density at radius 1 is 1.31 bits per heavy atom. The lowest BCUT2D eigenvalue weighted by Gasteiger charge is -2.17. The second kappa shape index (κ2) is 2.46. The molecule has 0 radical (unpaired) electrons. The lowest BCUT2D eigenvalue weighted by molar-refractivity contribution is -0.138. The summed E-state index contributed by atoms with van der Waals surface area (Å²) in [5.74, 6) is 5.26. The van der Waals surface area contributed by atoms with E-state index in [-0.39, 0.29) is 24.8 Å². The minimum atomic E-state index is -2.03. The number of rotatable bonds is 0. The highest BCUT2D eigenvalue weighted by atomic mass is 16.7. The van der Waals surface area contributed by atoms with Crippen molar-refractivity contribution in [3.8, 4) is 11.7 Å². The van der Waals surface area contributed by atoms with Crippen LogP contribution in [0.5, 0.6) is 0 Å². The molecule has 2 rings (SSSR count). The Kier molecular flexibility index (Phi) is 1.52. The molecule has 2 aliphatic rings. The van der Waals surface area contributed by atoms with Crippen LogP contribution in [0.15, 0.2) is 0 Å². The van der Waals surface area contributed by atoms with Crippen molar-refractivity contribution in [2.24, 2.45) is 0 Å². The normalized spacial score (nSPS) is 23.0. The van der Waals surface area contributed by atoms with E-state index in [0.29, 0.717) is 5.82 Å². The van der Waals surface area contributed by atoms with Crippen molar-refractivity contribution in [2.45, 2.75) is 19.8 Å². The average Bonchev–Trinajstić information content (AvgIpc) is 2.40. The molecule has 2 heterocycles. The Bertz CT molecular complexity index is 318. The first-order valence-electron chi connectivity index (χ1n) is 4.03. The van der Waals surface area contributed by atoms with Crippen LogP contribution in [0.3, 0.4) is 0 Å². The minimum Gasteiger partial charge on any atom is -0.603 e. The molecule has 66 valence electrons. The SMILES string of the molecule is CC#C[B-]12OC(=O)C[C+]1CC(=O)O2. The molecule has 2 fully saturated rings. The van der Waals surface area contributed by atoms with Crippen molar-refractivity contribution in [3.63, 3.8) is 0 Å². The fourth-order valence-corrected chi connectivity index (χ4v) is 1.70. The summed E-state index contributed by atoms with van der Waals surface area (Å²) < 4.78 is 9.91. The van der Waals surface area contributed by atoms with Crippen LogP contribution in [0.25, 0.3) is 0 Å². The Hall–Kier alpha value is -1.57. The first kappa shape index (κ1) is 8.05. The van der Waals surface area contributed by atoms with Crippen LogP contribution in [-0.4, -0.2) is 18.5 Å². The van der Waals surface area contributed by atoms with Crippen molar-refractivity contribution in [3.05, 3.63) is 5.82 Å². The van der Waals surface area contributed by atoms with Gasteiger partial charge >= 0.3 is 18.5 Å². The summed E-state index contributed by atoms with van der Waals surface area (Å²) >= 11 is 0. The number of fused-ring (bicyclic) bond motifs is 1. The molecule has 2 saturated heterocycles. The highest BCUT2D eigenvalue weighted by molar-refractivity contribution is 6.86. The average molecular weight is 178 g/mol. The molecule has 13 heavy (non-hydrogen) atoms. The lowest BCUT2D eigenvalue weighted by atomic mass is 9.49. The monoisotopic (exact) mass is 178 g/mol. The van der Waals surface area contributed by atoms with E-state index in [1.165, 1.54) is 0 Å². The summed E-state index contributed by atoms with van der Waals surface area (Å²) in [5, 5.41) is 0. The molecule has 0 aromatic rings. The van der Waals surface area contributed by atoms with Crippen molar-refractivity contribution in [1.29, 1.82) is 0 Å². The van der Waals surface area contributed by atoms with Gasteiger partial charge in [0.15, 0.2) is 0 Å². The number of carbonyl (C=O) groups excluding carboxylic acids is 2. The van der Waals surface area contributed by atoms with Crippen LogP contribution < -0.4 is 0 Å². The van der Waals surface area contributed by atoms with E-state index < -0.39 is 6.55 Å². The highest BCUT2D eigenvalue weighted by Crippen LogP contribution is 2.39. The fraction of sp³-hybridized carbons (Fsp3) is 0.375. The molecule has 5 heteroatoms. The van der Waals surface area contributed by atoms with Gasteiger partial charge in [0.25, 0.3) is 0 Å². The molecule has 0 N–H and O–H groups in total. The van der Waals surface area contributed by atoms with Crippen molar-refractivity contribution in [1.82, 2.24) is 0 Å². The second-order valence-electron chi connectivity index (χ2n) is 3.10. The van der Waals surface area contributed by atoms with Gasteiger partial charge in [-0.15, -0.1) is 5.92 Å². The molecule has 0 aliphatic carbocycles. The quantitative estimate of drug-likeness (QED) is 0.297. The molecule has 0 amide bonds. The van der Waals surface area contributed by atoms with Gasteiger partial charge in [0.2, 0.25) is 0 Å². The largest absolute Gasteiger partial charge is 0.633 e. The summed E-state index contributed by atoms with van der Waals surface area (Å²) in [6.07, 6.45) is 0.334. The Balaban J connectivity index is 2.34. The Morgan fingerprint density at radius 2 is 1.85 bits per heavy atom. The predicted molar refractivity (Wildman–Crippen MR) is 43.9 cm³/mol. The maximum atomic E-state index is 11.0. The maximum Gasteiger partial charge on any atom is 0.633 e. The summed E-state index contributed by atoms with van der Waals surface area (Å²) in [4.78, 5) is 21.9. The number of hydrogen-bond donors (Lipinski definition) is 0. The molecule has 0 spiro atoms. The molecule has 0 saturated carbocycles. The zero-order chi connectivity index (χ0) is 9.47. The summed E-state index contributed by atoms with van der Waals surface area (Å²) in [6, 6.07) is 0. The molecule has 0 aromatic heterocycles. The van der Waals surface area contributed by atoms with Crippen LogP contribution in [0.1, 0.15) is 19.8 Å². The summed E-state index contributed by atoms with van der Waals surface area (Å²) in [5.41, 5.74) is 0. The third-order valence-electron chi connectivity index (χ3n) is 2.21. The van der Waals surface area contributed by atoms with Crippen molar-refractivity contribution in [2.75, 3.05) is 0 Å². The Morgan fingerprint density at radius 3 is 2.31 bits per heavy atom. The fourth-order valence-electron chi connectivity index (χ4n) is 1.70. The van der Waals surface area contributed by atoms with E-state index in [4.69, 9.17) is 9.31 Å². The third-order valence-corrected chi connectivity index (χ3v) is 2.21. The van der Waals surface area contributed by atoms with Crippen LogP contribution in [0.4, 0.5) is 0 Å². The van der Waals surface area contributed by atoms with Gasteiger partial charge in [-0.1, -0.05) is 0 Å². The van der Waals surface area contributed by atoms with E-state index in [2.05, 4.69) is 11.7 Å². The van der Waals surface area contributed by atoms with E-state index in [0.717, 1.165) is 0 Å². The summed E-state index contributed by atoms with van der Waals surface area (Å²) in [6.45, 7) is -0.413. The minimum absolute atomic E-state index is 0.167. The van der Waals surface area contributed by atoms with E-state index in [1.54, 1.807) is 6.92 Å². The zero-order valence-electron chi connectivity index (χ0n) is 7.12. The van der Waals surface area contributed by atoms with Gasteiger partial charge in [-0.2, -0.15) is 5.82 Å². The van der Waals surface area contributed by atoms with Crippen molar-refractivity contribution >= 4 is 18.5 Å². The first-order valence-corrected chi connectivity index (χ1v) is 4.03. The molecule has 0 atom stereocenters. The van der Waals surface area contributed by atoms with Crippen LogP contribution in [0, 0.1) is 17.6 Å². The second-order valence-corrected chi connectivity index (χ2v) is 3.10. The third kappa shape index (κ3) is 1.06. The molecular formula is C8H7BO4. The van der Waals surface area contributed by atoms with E-state index in [9.17, 15) is 9.59 Å². The topological polar surface area (TPSA) is 52.6 Å². The van der Waals surface area contributed by atoms with Crippen LogP contribution in [-0.2, 0) is 18.9 Å². The standard InChI is InChI=1S/C8H7BO4/c1-2-3-9-6(4-7(10)12-9)5-8(11)13-9/h4-5H2,1H3. The summed E-state index contributed by atoms with van der Waals surface area (Å²) in [7, 11) is 0. The van der Waals surface area contributed by atoms with Gasteiger partial charge in [0, 0.05) is 5.82 Å². The van der Waals surface area contributed by atoms with Gasteiger partial charge in [0.1, 0.15) is 12.8 Å². The highest BCUT2D eigenvalue weighted by Gasteiger charge is 2.64. The Labute approximate surface area is 75.6 Å². The van der Waals surface area contributed by atoms with E-state index in [1.807, 2.05) is 0 Å². The van der Waals surface area contributed by atoms with E-state index >= 15 is 0 Å². The molecule has 0 bridgehead atoms. The van der Waals surface area contributed by atoms with Gasteiger partial charge < -0.3 is 9.31 Å². The van der Waals surface area contributed by atoms with Gasteiger partial charge in [0.05, 0.1) is 0 Å². The lowest BCUT2D eigenvalue weighted by Crippen LogP contribution is -2.38. The number of hydrogen-bond acceptors (Lipinski definition) is 4. The number of carbonyl (C=O) groups is 2. The molecule has 0 aromatic carbocycles. The smallest absolute Gasteiger partial charge is 0.603 e. The first-order chi connectivity index (χ1) is 6.16. The zero-order valence-corrected chi connectivity index (χ0v) is 7.12. The molecule has 2 aliphatic heterocycles. The van der Waals surface area contributed by atoms with Crippen molar-refractivity contribution < 1.29 is 18.9 Å². The van der Waals surface area contributed by atoms with Gasteiger partial charge in [-0.25, -0.2) is 0 Å².